The van der Waals surface area contributed by atoms with Gasteiger partial charge in [0, 0.05) is 23.1 Å². The molecule has 0 spiro atoms. The minimum atomic E-state index is -0.307. The molecule has 6 heteroatoms. The molecule has 0 unspecified atom stereocenters. The summed E-state index contributed by atoms with van der Waals surface area (Å²) in [5, 5.41) is 30.9. The number of benzene rings is 2. The number of thiophene rings is 1. The number of phenolic OH excluding ortho intramolecular Hbond substituents is 2. The van der Waals surface area contributed by atoms with Gasteiger partial charge < -0.3 is 14.9 Å². The van der Waals surface area contributed by atoms with Crippen molar-refractivity contribution < 1.29 is 14.9 Å². The highest BCUT2D eigenvalue weighted by molar-refractivity contribution is 7.07. The minimum Gasteiger partial charge on any atom is -0.508 e. The highest BCUT2D eigenvalue weighted by atomic mass is 32.1. The molecule has 5 nitrogen and oxygen atoms in total. The first-order chi connectivity index (χ1) is 12.7. The molecule has 0 saturated heterocycles. The summed E-state index contributed by atoms with van der Waals surface area (Å²) in [6.07, 6.45) is 0.330. The van der Waals surface area contributed by atoms with Crippen LogP contribution in [-0.2, 0) is 0 Å². The van der Waals surface area contributed by atoms with E-state index in [0.717, 1.165) is 22.6 Å². The number of fused-ring (bicyclic) bond motifs is 3. The van der Waals surface area contributed by atoms with Gasteiger partial charge in [0.25, 0.3) is 0 Å². The van der Waals surface area contributed by atoms with E-state index in [9.17, 15) is 10.2 Å². The van der Waals surface area contributed by atoms with Crippen LogP contribution in [0.4, 0.5) is 0 Å². The van der Waals surface area contributed by atoms with Crippen molar-refractivity contribution in [1.29, 1.82) is 0 Å². The van der Waals surface area contributed by atoms with Crippen LogP contribution in [0, 0.1) is 0 Å². The number of hydrogen-bond donors (Lipinski definition) is 2. The Morgan fingerprint density at radius 2 is 2.00 bits per heavy atom. The van der Waals surface area contributed by atoms with Crippen molar-refractivity contribution in [2.24, 2.45) is 5.10 Å². The molecule has 1 aromatic heterocycles. The van der Waals surface area contributed by atoms with Gasteiger partial charge in [-0.3, -0.25) is 0 Å². The first-order valence-corrected chi connectivity index (χ1v) is 9.31. The Hall–Kier alpha value is -2.99. The lowest BCUT2D eigenvalue weighted by molar-refractivity contribution is -0.0187. The van der Waals surface area contributed by atoms with Gasteiger partial charge in [0.2, 0.25) is 6.23 Å². The Bertz CT molecular complexity index is 1000. The van der Waals surface area contributed by atoms with Gasteiger partial charge in [-0.05, 0) is 41.1 Å². The summed E-state index contributed by atoms with van der Waals surface area (Å²) in [7, 11) is 0. The summed E-state index contributed by atoms with van der Waals surface area (Å²) >= 11 is 1.62. The molecular formula is C20H16N2O3S. The highest BCUT2D eigenvalue weighted by Crippen LogP contribution is 2.48. The van der Waals surface area contributed by atoms with E-state index in [1.165, 1.54) is 12.1 Å². The van der Waals surface area contributed by atoms with Gasteiger partial charge in [-0.2, -0.15) is 16.4 Å². The van der Waals surface area contributed by atoms with Crippen LogP contribution in [0.2, 0.25) is 0 Å². The summed E-state index contributed by atoms with van der Waals surface area (Å²) in [4.78, 5) is 0. The van der Waals surface area contributed by atoms with E-state index in [4.69, 9.17) is 9.84 Å². The fourth-order valence-corrected chi connectivity index (χ4v) is 4.25. The zero-order chi connectivity index (χ0) is 17.7. The third-order valence-corrected chi connectivity index (χ3v) is 5.52. The summed E-state index contributed by atoms with van der Waals surface area (Å²) in [6, 6.07) is 14.6. The van der Waals surface area contributed by atoms with Crippen LogP contribution in [-0.4, -0.2) is 20.9 Å². The maximum Gasteiger partial charge on any atom is 0.214 e. The molecule has 2 aliphatic heterocycles. The number of rotatable bonds is 2. The Morgan fingerprint density at radius 3 is 2.85 bits per heavy atom. The number of ether oxygens (including phenoxy) is 1. The minimum absolute atomic E-state index is 0.0293. The van der Waals surface area contributed by atoms with Crippen molar-refractivity contribution in [1.82, 2.24) is 5.01 Å². The van der Waals surface area contributed by atoms with E-state index in [1.54, 1.807) is 17.4 Å². The normalized spacial score (nSPS) is 20.9. The standard InChI is InChI=1S/C20H16N2O3S/c23-13-5-6-18(24)15(9-13)16-10-17-14-3-1-2-4-19(14)25-20(22(17)21-16)12-7-8-26-11-12/h1-9,11,17,20,23-24H,10H2/t17-,20+/m0/s1. The van der Waals surface area contributed by atoms with E-state index >= 15 is 0 Å². The number of phenols is 2. The molecule has 0 aliphatic carbocycles. The molecule has 2 aliphatic rings. The van der Waals surface area contributed by atoms with Crippen molar-refractivity contribution >= 4 is 17.0 Å². The summed E-state index contributed by atoms with van der Waals surface area (Å²) in [6.45, 7) is 0. The maximum atomic E-state index is 10.2. The maximum absolute atomic E-state index is 10.2. The van der Waals surface area contributed by atoms with Gasteiger partial charge in [-0.25, -0.2) is 5.01 Å². The van der Waals surface area contributed by atoms with Crippen LogP contribution in [0.3, 0.4) is 0 Å². The molecular weight excluding hydrogens is 348 g/mol. The van der Waals surface area contributed by atoms with E-state index in [0.29, 0.717) is 12.0 Å². The van der Waals surface area contributed by atoms with Crippen LogP contribution >= 0.6 is 11.3 Å². The van der Waals surface area contributed by atoms with Gasteiger partial charge >= 0.3 is 0 Å². The van der Waals surface area contributed by atoms with E-state index in [2.05, 4.69) is 11.4 Å². The number of hydrazone groups is 1. The van der Waals surface area contributed by atoms with Crippen LogP contribution in [0.5, 0.6) is 17.2 Å². The second-order valence-corrected chi connectivity index (χ2v) is 7.19. The SMILES string of the molecule is Oc1ccc(O)c(C2=NN3[C@@H](c4ccsc4)Oc4ccccc4[C@@H]3C2)c1. The van der Waals surface area contributed by atoms with Crippen molar-refractivity contribution in [3.05, 3.63) is 76.0 Å². The largest absolute Gasteiger partial charge is 0.508 e. The molecule has 5 rings (SSSR count). The number of hydrogen-bond acceptors (Lipinski definition) is 6. The molecule has 2 N–H and O–H groups in total. The van der Waals surface area contributed by atoms with E-state index in [-0.39, 0.29) is 23.8 Å². The smallest absolute Gasteiger partial charge is 0.214 e. The molecule has 3 heterocycles. The fraction of sp³-hybridized carbons (Fsp3) is 0.150. The Kier molecular flexibility index (Phi) is 3.39. The van der Waals surface area contributed by atoms with Crippen molar-refractivity contribution in [3.63, 3.8) is 0 Å². The van der Waals surface area contributed by atoms with Gasteiger partial charge in [0.05, 0.1) is 11.8 Å². The summed E-state index contributed by atoms with van der Waals surface area (Å²) in [5.74, 6) is 1.08. The molecule has 130 valence electrons. The first-order valence-electron chi connectivity index (χ1n) is 8.36. The third-order valence-electron chi connectivity index (χ3n) is 4.82. The Balaban J connectivity index is 1.62. The number of aromatic hydroxyl groups is 2. The molecule has 0 saturated carbocycles. The van der Waals surface area contributed by atoms with Gasteiger partial charge in [0.15, 0.2) is 0 Å². The van der Waals surface area contributed by atoms with Crippen LogP contribution < -0.4 is 4.74 Å². The quantitative estimate of drug-likeness (QED) is 0.662. The fourth-order valence-electron chi connectivity index (χ4n) is 3.59. The summed E-state index contributed by atoms with van der Waals surface area (Å²) < 4.78 is 6.24. The van der Waals surface area contributed by atoms with Gasteiger partial charge in [-0.15, -0.1) is 0 Å². The molecule has 3 aromatic rings. The Morgan fingerprint density at radius 1 is 1.12 bits per heavy atom. The predicted molar refractivity (Wildman–Crippen MR) is 99.6 cm³/mol. The second-order valence-electron chi connectivity index (χ2n) is 6.41. The summed E-state index contributed by atoms with van der Waals surface area (Å²) in [5.41, 5.74) is 3.43. The van der Waals surface area contributed by atoms with Crippen LogP contribution in [0.15, 0.2) is 64.4 Å². The van der Waals surface area contributed by atoms with Crippen molar-refractivity contribution in [2.45, 2.75) is 18.7 Å². The lowest BCUT2D eigenvalue weighted by Gasteiger charge is -2.37. The molecule has 26 heavy (non-hydrogen) atoms. The van der Waals surface area contributed by atoms with Gasteiger partial charge in [0.1, 0.15) is 17.2 Å². The molecule has 0 fully saturated rings. The highest BCUT2D eigenvalue weighted by Gasteiger charge is 2.41. The third kappa shape index (κ3) is 2.34. The lowest BCUT2D eigenvalue weighted by Crippen LogP contribution is -2.33. The Labute approximate surface area is 154 Å². The molecule has 2 aromatic carbocycles. The average molecular weight is 364 g/mol. The van der Waals surface area contributed by atoms with E-state index in [1.807, 2.05) is 34.7 Å². The predicted octanol–water partition coefficient (Wildman–Crippen LogP) is 4.40. The first kappa shape index (κ1) is 15.3. The number of nitrogens with zero attached hydrogens (tertiary/aromatic N) is 2. The topological polar surface area (TPSA) is 65.3 Å². The molecule has 0 bridgehead atoms. The van der Waals surface area contributed by atoms with E-state index < -0.39 is 0 Å². The van der Waals surface area contributed by atoms with Crippen LogP contribution in [0.25, 0.3) is 0 Å². The second kappa shape index (κ2) is 5.78. The zero-order valence-electron chi connectivity index (χ0n) is 13.7. The van der Waals surface area contributed by atoms with Crippen molar-refractivity contribution in [3.8, 4) is 17.2 Å². The van der Waals surface area contributed by atoms with Crippen LogP contribution in [0.1, 0.15) is 35.4 Å². The molecule has 0 radical (unpaired) electrons. The monoisotopic (exact) mass is 364 g/mol. The zero-order valence-corrected chi connectivity index (χ0v) is 14.6. The lowest BCUT2D eigenvalue weighted by atomic mass is 9.96. The van der Waals surface area contributed by atoms with Crippen molar-refractivity contribution in [2.75, 3.05) is 0 Å². The molecule has 0 amide bonds. The molecule has 2 atom stereocenters. The number of para-hydroxylation sites is 1. The van der Waals surface area contributed by atoms with Gasteiger partial charge in [-0.1, -0.05) is 18.2 Å². The average Bonchev–Trinajstić information content (AvgIpc) is 3.33.